The number of hydrogen-bond acceptors (Lipinski definition) is 2. The van der Waals surface area contributed by atoms with Crippen molar-refractivity contribution in [3.8, 4) is 5.69 Å². The average molecular weight is 187 g/mol. The predicted molar refractivity (Wildman–Crippen MR) is 55.4 cm³/mol. The van der Waals surface area contributed by atoms with Gasteiger partial charge in [-0.3, -0.25) is 0 Å². The van der Waals surface area contributed by atoms with Gasteiger partial charge >= 0.3 is 0 Å². The summed E-state index contributed by atoms with van der Waals surface area (Å²) in [5.74, 6) is 0.496. The van der Waals surface area contributed by atoms with Gasteiger partial charge in [0.05, 0.1) is 5.69 Å². The van der Waals surface area contributed by atoms with Gasteiger partial charge in [-0.25, -0.2) is 9.67 Å². The zero-order valence-electron chi connectivity index (χ0n) is 8.38. The zero-order chi connectivity index (χ0) is 9.97. The Morgan fingerprint density at radius 1 is 1.21 bits per heavy atom. The molecule has 0 spiro atoms. The van der Waals surface area contributed by atoms with Crippen molar-refractivity contribution in [2.45, 2.75) is 19.8 Å². The Kier molecular flexibility index (Phi) is 2.31. The molecule has 0 bridgehead atoms. The molecule has 3 heteroatoms. The Balaban J connectivity index is 2.53. The Bertz CT molecular complexity index is 404. The molecule has 0 atom stereocenters. The third kappa shape index (κ3) is 1.53. The van der Waals surface area contributed by atoms with Crippen LogP contribution in [0.4, 0.5) is 0 Å². The molecule has 0 saturated carbocycles. The van der Waals surface area contributed by atoms with E-state index in [1.54, 1.807) is 17.3 Å². The molecule has 0 fully saturated rings. The minimum atomic E-state index is 0.496. The third-order valence-corrected chi connectivity index (χ3v) is 2.22. The standard InChI is InChI=1S/C11H13N3/c1-9(2)10-5-3-4-6-11(10)14-8-12-7-13-14/h3-9H,1-2H3. The summed E-state index contributed by atoms with van der Waals surface area (Å²) in [6, 6.07) is 8.25. The van der Waals surface area contributed by atoms with Gasteiger partial charge in [-0.2, -0.15) is 5.10 Å². The summed E-state index contributed by atoms with van der Waals surface area (Å²) in [5, 5.41) is 4.14. The van der Waals surface area contributed by atoms with Crippen molar-refractivity contribution in [1.82, 2.24) is 14.8 Å². The summed E-state index contributed by atoms with van der Waals surface area (Å²) in [6.07, 6.45) is 3.28. The Morgan fingerprint density at radius 3 is 2.64 bits per heavy atom. The molecule has 0 aliphatic rings. The highest BCUT2D eigenvalue weighted by atomic mass is 15.3. The summed E-state index contributed by atoms with van der Waals surface area (Å²) in [4.78, 5) is 3.95. The summed E-state index contributed by atoms with van der Waals surface area (Å²) in [6.45, 7) is 4.35. The summed E-state index contributed by atoms with van der Waals surface area (Å²) in [5.41, 5.74) is 2.40. The van der Waals surface area contributed by atoms with Crippen LogP contribution >= 0.6 is 0 Å². The molecule has 0 aliphatic carbocycles. The van der Waals surface area contributed by atoms with E-state index in [9.17, 15) is 0 Å². The highest BCUT2D eigenvalue weighted by Crippen LogP contribution is 2.21. The smallest absolute Gasteiger partial charge is 0.138 e. The van der Waals surface area contributed by atoms with E-state index in [0.717, 1.165) is 5.69 Å². The van der Waals surface area contributed by atoms with Gasteiger partial charge < -0.3 is 0 Å². The van der Waals surface area contributed by atoms with Gasteiger partial charge in [0.1, 0.15) is 12.7 Å². The van der Waals surface area contributed by atoms with Gasteiger partial charge in [-0.15, -0.1) is 0 Å². The minimum absolute atomic E-state index is 0.496. The molecule has 3 nitrogen and oxygen atoms in total. The molecule has 0 saturated heterocycles. The van der Waals surface area contributed by atoms with E-state index in [2.05, 4.69) is 42.1 Å². The predicted octanol–water partition coefficient (Wildman–Crippen LogP) is 2.39. The quantitative estimate of drug-likeness (QED) is 0.722. The van der Waals surface area contributed by atoms with E-state index in [0.29, 0.717) is 5.92 Å². The second-order valence-electron chi connectivity index (χ2n) is 3.55. The number of hydrogen-bond donors (Lipinski definition) is 0. The number of nitrogens with zero attached hydrogens (tertiary/aromatic N) is 3. The fraction of sp³-hybridized carbons (Fsp3) is 0.273. The molecule has 0 N–H and O–H groups in total. The van der Waals surface area contributed by atoms with Crippen LogP contribution in [0.1, 0.15) is 25.3 Å². The molecule has 72 valence electrons. The van der Waals surface area contributed by atoms with Gasteiger partial charge in [0, 0.05) is 0 Å². The minimum Gasteiger partial charge on any atom is -0.223 e. The lowest BCUT2D eigenvalue weighted by Crippen LogP contribution is -2.01. The number of benzene rings is 1. The van der Waals surface area contributed by atoms with Gasteiger partial charge in [0.2, 0.25) is 0 Å². The molecule has 2 aromatic rings. The van der Waals surface area contributed by atoms with E-state index in [-0.39, 0.29) is 0 Å². The summed E-state index contributed by atoms with van der Waals surface area (Å²) >= 11 is 0. The van der Waals surface area contributed by atoms with Crippen LogP contribution in [0.3, 0.4) is 0 Å². The van der Waals surface area contributed by atoms with Crippen LogP contribution in [0.2, 0.25) is 0 Å². The van der Waals surface area contributed by atoms with Crippen molar-refractivity contribution < 1.29 is 0 Å². The largest absolute Gasteiger partial charge is 0.223 e. The molecule has 1 aromatic carbocycles. The number of rotatable bonds is 2. The van der Waals surface area contributed by atoms with Gasteiger partial charge in [-0.1, -0.05) is 32.0 Å². The van der Waals surface area contributed by atoms with Crippen LogP contribution in [0.5, 0.6) is 0 Å². The molecular formula is C11H13N3. The maximum atomic E-state index is 4.14. The first kappa shape index (κ1) is 8.94. The first-order chi connectivity index (χ1) is 6.79. The molecule has 14 heavy (non-hydrogen) atoms. The summed E-state index contributed by atoms with van der Waals surface area (Å²) < 4.78 is 1.80. The van der Waals surface area contributed by atoms with E-state index >= 15 is 0 Å². The fourth-order valence-electron chi connectivity index (χ4n) is 1.52. The lowest BCUT2D eigenvalue weighted by Gasteiger charge is -2.11. The van der Waals surface area contributed by atoms with Crippen LogP contribution in [0.25, 0.3) is 5.69 Å². The van der Waals surface area contributed by atoms with Crippen molar-refractivity contribution in [3.05, 3.63) is 42.5 Å². The van der Waals surface area contributed by atoms with E-state index in [1.807, 2.05) is 6.07 Å². The molecule has 0 radical (unpaired) electrons. The van der Waals surface area contributed by atoms with Gasteiger partial charge in [0.15, 0.2) is 0 Å². The highest BCUT2D eigenvalue weighted by molar-refractivity contribution is 5.41. The lowest BCUT2D eigenvalue weighted by molar-refractivity contribution is 0.808. The first-order valence-electron chi connectivity index (χ1n) is 4.73. The van der Waals surface area contributed by atoms with Gasteiger partial charge in [-0.05, 0) is 17.5 Å². The molecule has 1 heterocycles. The van der Waals surface area contributed by atoms with Crippen molar-refractivity contribution in [3.63, 3.8) is 0 Å². The topological polar surface area (TPSA) is 30.7 Å². The second kappa shape index (κ2) is 3.62. The molecule has 2 rings (SSSR count). The lowest BCUT2D eigenvalue weighted by atomic mass is 10.0. The van der Waals surface area contributed by atoms with Crippen LogP contribution in [-0.2, 0) is 0 Å². The maximum Gasteiger partial charge on any atom is 0.138 e. The normalized spacial score (nSPS) is 10.8. The fourth-order valence-corrected chi connectivity index (χ4v) is 1.52. The molecule has 0 aliphatic heterocycles. The Hall–Kier alpha value is -1.64. The zero-order valence-corrected chi connectivity index (χ0v) is 8.38. The van der Waals surface area contributed by atoms with E-state index in [1.165, 1.54) is 5.56 Å². The second-order valence-corrected chi connectivity index (χ2v) is 3.55. The maximum absolute atomic E-state index is 4.14. The van der Waals surface area contributed by atoms with Crippen LogP contribution in [-0.4, -0.2) is 14.8 Å². The van der Waals surface area contributed by atoms with E-state index < -0.39 is 0 Å². The average Bonchev–Trinajstić information content (AvgIpc) is 2.70. The Morgan fingerprint density at radius 2 is 2.00 bits per heavy atom. The molecular weight excluding hydrogens is 174 g/mol. The van der Waals surface area contributed by atoms with Gasteiger partial charge in [0.25, 0.3) is 0 Å². The van der Waals surface area contributed by atoms with E-state index in [4.69, 9.17) is 0 Å². The molecule has 0 unspecified atom stereocenters. The third-order valence-electron chi connectivity index (χ3n) is 2.22. The van der Waals surface area contributed by atoms with Crippen LogP contribution < -0.4 is 0 Å². The van der Waals surface area contributed by atoms with Crippen molar-refractivity contribution in [2.75, 3.05) is 0 Å². The monoisotopic (exact) mass is 187 g/mol. The van der Waals surface area contributed by atoms with Crippen LogP contribution in [0, 0.1) is 0 Å². The number of aromatic nitrogens is 3. The first-order valence-corrected chi connectivity index (χ1v) is 4.73. The SMILES string of the molecule is CC(C)c1ccccc1-n1cncn1. The van der Waals surface area contributed by atoms with Crippen molar-refractivity contribution in [2.24, 2.45) is 0 Å². The Labute approximate surface area is 83.4 Å². The molecule has 0 amide bonds. The highest BCUT2D eigenvalue weighted by Gasteiger charge is 2.06. The number of para-hydroxylation sites is 1. The van der Waals surface area contributed by atoms with Crippen LogP contribution in [0.15, 0.2) is 36.9 Å². The van der Waals surface area contributed by atoms with Crippen molar-refractivity contribution >= 4 is 0 Å². The summed E-state index contributed by atoms with van der Waals surface area (Å²) in [7, 11) is 0. The van der Waals surface area contributed by atoms with Crippen molar-refractivity contribution in [1.29, 1.82) is 0 Å². The molecule has 1 aromatic heterocycles.